The zero-order valence-electron chi connectivity index (χ0n) is 9.80. The van der Waals surface area contributed by atoms with Gasteiger partial charge in [0, 0.05) is 6.54 Å². The van der Waals surface area contributed by atoms with Crippen LogP contribution in [0.5, 0.6) is 0 Å². The number of nitrogens with two attached hydrogens (primary N) is 1. The first-order valence-corrected chi connectivity index (χ1v) is 9.43. The van der Waals surface area contributed by atoms with E-state index in [2.05, 4.69) is 15.9 Å². The molecule has 0 amide bonds. The molecule has 106 valence electrons. The average Bonchev–Trinajstić information content (AvgIpc) is 2.70. The van der Waals surface area contributed by atoms with Gasteiger partial charge in [-0.05, 0) is 34.8 Å². The van der Waals surface area contributed by atoms with Crippen molar-refractivity contribution in [2.45, 2.75) is 29.5 Å². The number of nitrogens with zero attached hydrogens (tertiary/aromatic N) is 1. The molecular formula is C10H12BrClN2O2S3. The van der Waals surface area contributed by atoms with Crippen molar-refractivity contribution in [2.75, 3.05) is 6.54 Å². The maximum atomic E-state index is 12.6. The Balaban J connectivity index is 2.39. The minimum absolute atomic E-state index is 0.215. The molecule has 4 nitrogen and oxygen atoms in total. The summed E-state index contributed by atoms with van der Waals surface area (Å²) >= 11 is 15.2. The predicted molar refractivity (Wildman–Crippen MR) is 85.3 cm³/mol. The number of sulfonamides is 1. The van der Waals surface area contributed by atoms with E-state index >= 15 is 0 Å². The van der Waals surface area contributed by atoms with E-state index in [1.165, 1.54) is 10.4 Å². The fourth-order valence-electron chi connectivity index (χ4n) is 2.05. The molecule has 0 aliphatic carbocycles. The van der Waals surface area contributed by atoms with Crippen molar-refractivity contribution in [3.8, 4) is 0 Å². The lowest BCUT2D eigenvalue weighted by molar-refractivity contribution is 0.307. The molecule has 19 heavy (non-hydrogen) atoms. The third-order valence-corrected chi connectivity index (χ3v) is 8.07. The summed E-state index contributed by atoms with van der Waals surface area (Å²) in [6, 6.07) is 1.06. The molecule has 0 radical (unpaired) electrons. The Morgan fingerprint density at radius 2 is 2.26 bits per heavy atom. The Bertz CT molecular complexity index is 582. The summed E-state index contributed by atoms with van der Waals surface area (Å²) in [5.74, 6) is 0. The molecular weight excluding hydrogens is 392 g/mol. The third kappa shape index (κ3) is 3.14. The highest BCUT2D eigenvalue weighted by molar-refractivity contribution is 9.11. The van der Waals surface area contributed by atoms with Crippen LogP contribution in [-0.2, 0) is 10.0 Å². The van der Waals surface area contributed by atoms with Crippen LogP contribution < -0.4 is 5.73 Å². The maximum absolute atomic E-state index is 12.6. The van der Waals surface area contributed by atoms with Gasteiger partial charge in [-0.15, -0.1) is 11.3 Å². The molecule has 2 N–H and O–H groups in total. The monoisotopic (exact) mass is 402 g/mol. The number of hydrogen-bond acceptors (Lipinski definition) is 4. The summed E-state index contributed by atoms with van der Waals surface area (Å²) in [7, 11) is -3.59. The quantitative estimate of drug-likeness (QED) is 0.788. The standard InChI is InChI=1S/C10H12BrClN2O2S3/c11-9-6(12)5-8(18-9)19(15,16)14-4-2-1-3-7(14)10(13)17/h5,7H,1-4H2,(H2,13,17). The Morgan fingerprint density at radius 1 is 1.58 bits per heavy atom. The van der Waals surface area contributed by atoms with Gasteiger partial charge in [0.25, 0.3) is 10.0 Å². The van der Waals surface area contributed by atoms with Crippen LogP contribution in [0.25, 0.3) is 0 Å². The van der Waals surface area contributed by atoms with Crippen LogP contribution in [0.15, 0.2) is 14.1 Å². The number of thiocarbonyl (C=S) groups is 1. The molecule has 1 atom stereocenters. The lowest BCUT2D eigenvalue weighted by atomic mass is 10.1. The van der Waals surface area contributed by atoms with Gasteiger partial charge < -0.3 is 5.73 Å². The summed E-state index contributed by atoms with van der Waals surface area (Å²) in [4.78, 5) is 0.227. The van der Waals surface area contributed by atoms with Crippen molar-refractivity contribution >= 4 is 66.1 Å². The lowest BCUT2D eigenvalue weighted by Crippen LogP contribution is -2.49. The van der Waals surface area contributed by atoms with E-state index in [4.69, 9.17) is 29.6 Å². The highest BCUT2D eigenvalue weighted by Gasteiger charge is 2.36. The third-order valence-electron chi connectivity index (χ3n) is 2.97. The minimum Gasteiger partial charge on any atom is -0.392 e. The van der Waals surface area contributed by atoms with E-state index < -0.39 is 16.1 Å². The van der Waals surface area contributed by atoms with Crippen molar-refractivity contribution in [3.63, 3.8) is 0 Å². The molecule has 0 aromatic carbocycles. The number of thiophene rings is 1. The second-order valence-electron chi connectivity index (χ2n) is 4.22. The van der Waals surface area contributed by atoms with Crippen LogP contribution in [-0.4, -0.2) is 30.3 Å². The smallest absolute Gasteiger partial charge is 0.253 e. The van der Waals surface area contributed by atoms with Gasteiger partial charge in [-0.3, -0.25) is 0 Å². The highest BCUT2D eigenvalue weighted by Crippen LogP contribution is 2.37. The van der Waals surface area contributed by atoms with Gasteiger partial charge in [-0.1, -0.05) is 30.2 Å². The zero-order valence-corrected chi connectivity index (χ0v) is 14.6. The van der Waals surface area contributed by atoms with Crippen LogP contribution in [0.3, 0.4) is 0 Å². The van der Waals surface area contributed by atoms with Crippen LogP contribution in [0, 0.1) is 0 Å². The molecule has 1 aliphatic heterocycles. The van der Waals surface area contributed by atoms with Gasteiger partial charge in [0.05, 0.1) is 19.8 Å². The molecule has 1 saturated heterocycles. The van der Waals surface area contributed by atoms with Gasteiger partial charge in [0.1, 0.15) is 4.21 Å². The molecule has 1 fully saturated rings. The highest BCUT2D eigenvalue weighted by atomic mass is 79.9. The van der Waals surface area contributed by atoms with E-state index in [0.717, 1.165) is 24.2 Å². The SMILES string of the molecule is NC(=S)C1CCCCN1S(=O)(=O)c1cc(Cl)c(Br)s1. The van der Waals surface area contributed by atoms with Crippen LogP contribution in [0.1, 0.15) is 19.3 Å². The summed E-state index contributed by atoms with van der Waals surface area (Å²) in [6.45, 7) is 0.442. The van der Waals surface area contributed by atoms with E-state index in [0.29, 0.717) is 21.8 Å². The van der Waals surface area contributed by atoms with Crippen molar-refractivity contribution in [2.24, 2.45) is 5.73 Å². The Morgan fingerprint density at radius 3 is 2.79 bits per heavy atom. The second-order valence-corrected chi connectivity index (χ2v) is 9.58. The zero-order chi connectivity index (χ0) is 14.2. The Hall–Kier alpha value is 0.270. The largest absolute Gasteiger partial charge is 0.392 e. The van der Waals surface area contributed by atoms with E-state index in [1.54, 1.807) is 0 Å². The van der Waals surface area contributed by atoms with Crippen LogP contribution in [0.2, 0.25) is 5.02 Å². The van der Waals surface area contributed by atoms with Gasteiger partial charge >= 0.3 is 0 Å². The molecule has 2 heterocycles. The molecule has 1 aromatic rings. The normalized spacial score (nSPS) is 21.5. The number of piperidine rings is 1. The number of rotatable bonds is 3. The van der Waals surface area contributed by atoms with E-state index in [-0.39, 0.29) is 9.20 Å². The lowest BCUT2D eigenvalue weighted by Gasteiger charge is -2.33. The van der Waals surface area contributed by atoms with Crippen molar-refractivity contribution in [3.05, 3.63) is 14.9 Å². The Labute approximate surface area is 135 Å². The fraction of sp³-hybridized carbons (Fsp3) is 0.500. The minimum atomic E-state index is -3.59. The topological polar surface area (TPSA) is 63.4 Å². The molecule has 0 spiro atoms. The first-order chi connectivity index (χ1) is 8.84. The summed E-state index contributed by atoms with van der Waals surface area (Å²) in [5.41, 5.74) is 5.66. The average molecular weight is 404 g/mol. The molecule has 0 bridgehead atoms. The maximum Gasteiger partial charge on any atom is 0.253 e. The molecule has 2 rings (SSSR count). The van der Waals surface area contributed by atoms with Crippen molar-refractivity contribution in [1.82, 2.24) is 4.31 Å². The molecule has 1 aliphatic rings. The van der Waals surface area contributed by atoms with E-state index in [1.807, 2.05) is 0 Å². The number of halogens is 2. The summed E-state index contributed by atoms with van der Waals surface area (Å²) in [6.07, 6.45) is 2.43. The van der Waals surface area contributed by atoms with Crippen molar-refractivity contribution in [1.29, 1.82) is 0 Å². The first-order valence-electron chi connectivity index (χ1n) is 5.60. The van der Waals surface area contributed by atoms with Crippen LogP contribution >= 0.6 is 51.1 Å². The fourth-order valence-corrected chi connectivity index (χ4v) is 6.56. The van der Waals surface area contributed by atoms with Crippen LogP contribution in [0.4, 0.5) is 0 Å². The molecule has 1 aromatic heterocycles. The van der Waals surface area contributed by atoms with Gasteiger partial charge in [-0.25, -0.2) is 8.42 Å². The number of hydrogen-bond donors (Lipinski definition) is 1. The van der Waals surface area contributed by atoms with E-state index in [9.17, 15) is 8.42 Å². The van der Waals surface area contributed by atoms with Gasteiger partial charge in [0.15, 0.2) is 0 Å². The predicted octanol–water partition coefficient (Wildman–Crippen LogP) is 2.99. The Kier molecular flexibility index (Phi) is 4.90. The molecule has 0 saturated carbocycles. The summed E-state index contributed by atoms with van der Waals surface area (Å²) in [5, 5.41) is 0.396. The van der Waals surface area contributed by atoms with Gasteiger partial charge in [-0.2, -0.15) is 4.31 Å². The first kappa shape index (κ1) is 15.7. The molecule has 1 unspecified atom stereocenters. The molecule has 9 heteroatoms. The second kappa shape index (κ2) is 5.95. The summed E-state index contributed by atoms with van der Waals surface area (Å²) < 4.78 is 27.4. The van der Waals surface area contributed by atoms with Gasteiger partial charge in [0.2, 0.25) is 0 Å². The van der Waals surface area contributed by atoms with Crippen molar-refractivity contribution < 1.29 is 8.42 Å².